The first-order valence-electron chi connectivity index (χ1n) is 17.8. The molecule has 0 saturated carbocycles. The van der Waals surface area contributed by atoms with E-state index >= 15 is 0 Å². The van der Waals surface area contributed by atoms with E-state index in [1.165, 1.54) is 17.1 Å². The van der Waals surface area contributed by atoms with E-state index in [0.717, 1.165) is 60.1 Å². The largest absolute Gasteiger partial charge is 0.500 e. The van der Waals surface area contributed by atoms with Gasteiger partial charge in [0.2, 0.25) is 0 Å². The number of nitrogens with zero attached hydrogens (tertiary/aromatic N) is 2. The molecule has 5 heteroatoms. The number of aromatic nitrogens is 2. The Bertz CT molecular complexity index is 2550. The third-order valence-electron chi connectivity index (χ3n) is 8.89. The Hall–Kier alpha value is -4.41. The van der Waals surface area contributed by atoms with Crippen molar-refractivity contribution in [3.63, 3.8) is 0 Å². The van der Waals surface area contributed by atoms with Gasteiger partial charge in [-0.15, -0.1) is 54.1 Å². The van der Waals surface area contributed by atoms with Gasteiger partial charge in [0.1, 0.15) is 5.58 Å². The zero-order chi connectivity index (χ0) is 36.1. The van der Waals surface area contributed by atoms with Gasteiger partial charge in [-0.2, -0.15) is 0 Å². The summed E-state index contributed by atoms with van der Waals surface area (Å²) < 4.78 is 30.6. The SMILES string of the molecule is CC(C)(C)c1ccnc(-c2[c-]cccc2)c1.[2H]C([2H])([2H])c1cnc(-c2[c-]ccc3c2oc2c3ccc3ccc4ccccc4c32)cc1[Si](C)(C)C.[Ir]. The van der Waals surface area contributed by atoms with Crippen LogP contribution in [0.25, 0.3) is 66.0 Å². The molecule has 3 nitrogen and oxygen atoms in total. The van der Waals surface area contributed by atoms with Gasteiger partial charge in [0.25, 0.3) is 0 Å². The fourth-order valence-electron chi connectivity index (χ4n) is 6.29. The zero-order valence-corrected chi connectivity index (χ0v) is 32.0. The van der Waals surface area contributed by atoms with Gasteiger partial charge in [-0.3, -0.25) is 0 Å². The van der Waals surface area contributed by atoms with Gasteiger partial charge in [0, 0.05) is 47.4 Å². The molecule has 0 amide bonds. The summed E-state index contributed by atoms with van der Waals surface area (Å²) in [5, 5.41) is 7.48. The minimum Gasteiger partial charge on any atom is -0.500 e. The first-order chi connectivity index (χ1) is 24.2. The van der Waals surface area contributed by atoms with Crippen LogP contribution in [0.1, 0.15) is 36.0 Å². The molecule has 0 atom stereocenters. The van der Waals surface area contributed by atoms with Crippen molar-refractivity contribution in [3.8, 4) is 22.5 Å². The maximum absolute atomic E-state index is 8.01. The van der Waals surface area contributed by atoms with Gasteiger partial charge in [-0.1, -0.05) is 117 Å². The molecule has 49 heavy (non-hydrogen) atoms. The topological polar surface area (TPSA) is 38.9 Å². The van der Waals surface area contributed by atoms with Crippen molar-refractivity contribution in [3.05, 3.63) is 139 Å². The molecule has 3 heterocycles. The van der Waals surface area contributed by atoms with E-state index < -0.39 is 14.9 Å². The van der Waals surface area contributed by atoms with Crippen LogP contribution in [0.2, 0.25) is 19.6 Å². The van der Waals surface area contributed by atoms with E-state index in [1.54, 1.807) is 0 Å². The predicted octanol–water partition coefficient (Wildman–Crippen LogP) is 11.5. The smallest absolute Gasteiger partial charge is 0.129 e. The molecule has 0 aliphatic rings. The first kappa shape index (κ1) is 30.6. The second-order valence-corrected chi connectivity index (χ2v) is 19.4. The van der Waals surface area contributed by atoms with Gasteiger partial charge in [0.05, 0.1) is 13.7 Å². The Balaban J connectivity index is 0.000000230. The minimum absolute atomic E-state index is 0. The molecular weight excluding hydrogens is 793 g/mol. The van der Waals surface area contributed by atoms with E-state index in [9.17, 15) is 0 Å². The molecule has 3 aromatic heterocycles. The molecule has 0 unspecified atom stereocenters. The molecule has 8 aromatic rings. The Labute approximate surface area is 308 Å². The predicted molar refractivity (Wildman–Crippen MR) is 206 cm³/mol. The summed E-state index contributed by atoms with van der Waals surface area (Å²) >= 11 is 0. The Morgan fingerprint density at radius 1 is 0.714 bits per heavy atom. The van der Waals surface area contributed by atoms with Gasteiger partial charge < -0.3 is 14.4 Å². The maximum Gasteiger partial charge on any atom is 0.129 e. The van der Waals surface area contributed by atoms with Crippen molar-refractivity contribution in [1.82, 2.24) is 9.97 Å². The normalized spacial score (nSPS) is 13.0. The fraction of sp³-hybridized carbons (Fsp3) is 0.182. The quantitative estimate of drug-likeness (QED) is 0.101. The fourth-order valence-corrected chi connectivity index (χ4v) is 7.73. The summed E-state index contributed by atoms with van der Waals surface area (Å²) in [5.74, 6) is 0. The number of fused-ring (bicyclic) bond motifs is 7. The molecule has 0 N–H and O–H groups in total. The van der Waals surface area contributed by atoms with Gasteiger partial charge in [-0.25, -0.2) is 0 Å². The summed E-state index contributed by atoms with van der Waals surface area (Å²) in [6.07, 6.45) is 3.39. The van der Waals surface area contributed by atoms with Crippen LogP contribution < -0.4 is 5.19 Å². The van der Waals surface area contributed by atoms with E-state index in [2.05, 4.69) is 117 Å². The number of benzene rings is 5. The van der Waals surface area contributed by atoms with Crippen LogP contribution in [0, 0.1) is 19.0 Å². The van der Waals surface area contributed by atoms with Crippen molar-refractivity contribution in [1.29, 1.82) is 0 Å². The summed E-state index contributed by atoms with van der Waals surface area (Å²) in [7, 11) is -1.96. The molecule has 1 radical (unpaired) electrons. The Kier molecular flexibility index (Phi) is 8.42. The number of aryl methyl sites for hydroxylation is 1. The van der Waals surface area contributed by atoms with Crippen molar-refractivity contribution in [2.24, 2.45) is 0 Å². The molecule has 0 aliphatic heterocycles. The second kappa shape index (κ2) is 13.5. The van der Waals surface area contributed by atoms with E-state index in [0.29, 0.717) is 11.3 Å². The Morgan fingerprint density at radius 3 is 2.22 bits per heavy atom. The third kappa shape index (κ3) is 6.76. The average molecular weight is 836 g/mol. The van der Waals surface area contributed by atoms with Crippen molar-refractivity contribution in [2.45, 2.75) is 52.7 Å². The van der Waals surface area contributed by atoms with E-state index in [-0.39, 0.29) is 25.5 Å². The molecule has 0 bridgehead atoms. The monoisotopic (exact) mass is 836 g/mol. The average Bonchev–Trinajstić information content (AvgIpc) is 3.50. The van der Waals surface area contributed by atoms with Gasteiger partial charge in [0.15, 0.2) is 0 Å². The van der Waals surface area contributed by atoms with Crippen LogP contribution in [-0.4, -0.2) is 18.0 Å². The second-order valence-electron chi connectivity index (χ2n) is 14.3. The maximum atomic E-state index is 8.01. The molecule has 0 fully saturated rings. The van der Waals surface area contributed by atoms with Crippen LogP contribution in [0.3, 0.4) is 0 Å². The molecule has 8 rings (SSSR count). The summed E-state index contributed by atoms with van der Waals surface area (Å²) in [5.41, 5.74) is 6.86. The molecule has 0 aliphatic carbocycles. The van der Waals surface area contributed by atoms with Crippen LogP contribution in [0.4, 0.5) is 0 Å². The molecule has 5 aromatic carbocycles. The molecular formula is C44H40IrN2OSi-2. The number of hydrogen-bond donors (Lipinski definition) is 0. The van der Waals surface area contributed by atoms with Crippen molar-refractivity contribution >= 4 is 56.7 Å². The van der Waals surface area contributed by atoms with Gasteiger partial charge >= 0.3 is 0 Å². The number of hydrogen-bond acceptors (Lipinski definition) is 3. The third-order valence-corrected chi connectivity index (χ3v) is 10.9. The van der Waals surface area contributed by atoms with E-state index in [4.69, 9.17) is 8.53 Å². The molecule has 0 saturated heterocycles. The van der Waals surface area contributed by atoms with Crippen molar-refractivity contribution < 1.29 is 28.6 Å². The van der Waals surface area contributed by atoms with Crippen molar-refractivity contribution in [2.75, 3.05) is 0 Å². The van der Waals surface area contributed by atoms with Crippen LogP contribution in [0.15, 0.2) is 120 Å². The standard InChI is InChI=1S/C29H24NOSi.C15H16N.Ir/c1-18-17-30-25(16-26(18)32(2,3)4)24-11-7-10-22-23-15-14-20-13-12-19-8-5-6-9-21(19)27(20)29(23)31-28(22)24;1-15(2,3)13-9-10-16-14(11-13)12-7-5-4-6-8-12;/h5-10,12-17H,1-4H3;4-7,9-11H,1-3H3;/q2*-1;/i1D3;;. The number of rotatable bonds is 3. The molecule has 0 spiro atoms. The number of furan rings is 1. The molecule has 247 valence electrons. The zero-order valence-electron chi connectivity index (χ0n) is 31.6. The van der Waals surface area contributed by atoms with Crippen LogP contribution in [0.5, 0.6) is 0 Å². The van der Waals surface area contributed by atoms with Gasteiger partial charge in [-0.05, 0) is 57.0 Å². The first-order valence-corrected chi connectivity index (χ1v) is 19.8. The summed E-state index contributed by atoms with van der Waals surface area (Å²) in [6, 6.07) is 41.4. The minimum atomic E-state index is -2.20. The van der Waals surface area contributed by atoms with Crippen LogP contribution >= 0.6 is 0 Å². The summed E-state index contributed by atoms with van der Waals surface area (Å²) in [6.45, 7) is 10.9. The van der Waals surface area contributed by atoms with Crippen LogP contribution in [-0.2, 0) is 25.5 Å². The number of pyridine rings is 2. The Morgan fingerprint density at radius 2 is 1.47 bits per heavy atom. The van der Waals surface area contributed by atoms with E-state index in [1.807, 2.05) is 54.7 Å². The summed E-state index contributed by atoms with van der Waals surface area (Å²) in [4.78, 5) is 8.98.